The second-order valence-corrected chi connectivity index (χ2v) is 10.1. The lowest BCUT2D eigenvalue weighted by molar-refractivity contribution is -0.113. The minimum Gasteiger partial charge on any atom is -0.497 e. The molecule has 2 N–H and O–H groups in total. The fraction of sp³-hybridized carbons (Fsp3) is 0.103. The lowest BCUT2D eigenvalue weighted by atomic mass is 9.94. The minimum absolute atomic E-state index is 0.00210. The number of nitriles is 1. The van der Waals surface area contributed by atoms with E-state index in [1.807, 2.05) is 0 Å². The molecule has 4 rings (SSSR count). The van der Waals surface area contributed by atoms with Gasteiger partial charge in [-0.05, 0) is 73.2 Å². The molecule has 196 valence electrons. The number of methoxy groups -OCH3 is 1. The van der Waals surface area contributed by atoms with Crippen LogP contribution in [0.2, 0.25) is 10.0 Å². The van der Waals surface area contributed by atoms with Crippen molar-refractivity contribution in [3.05, 3.63) is 99.7 Å². The van der Waals surface area contributed by atoms with Gasteiger partial charge in [-0.3, -0.25) is 9.59 Å². The Morgan fingerprint density at radius 3 is 2.03 bits per heavy atom. The molecule has 3 aromatic carbocycles. The highest BCUT2D eigenvalue weighted by Gasteiger charge is 2.25. The van der Waals surface area contributed by atoms with Gasteiger partial charge >= 0.3 is 0 Å². The second kappa shape index (κ2) is 12.7. The van der Waals surface area contributed by atoms with Crippen LogP contribution in [0, 0.1) is 18.3 Å². The molecule has 0 aliphatic carbocycles. The van der Waals surface area contributed by atoms with Crippen molar-refractivity contribution >= 4 is 58.2 Å². The summed E-state index contributed by atoms with van der Waals surface area (Å²) in [4.78, 5) is 30.7. The van der Waals surface area contributed by atoms with Crippen LogP contribution in [0.5, 0.6) is 5.75 Å². The van der Waals surface area contributed by atoms with Crippen LogP contribution < -0.4 is 15.4 Å². The molecule has 0 aliphatic heterocycles. The van der Waals surface area contributed by atoms with Gasteiger partial charge in [-0.1, -0.05) is 47.1 Å². The molecular weight excluding hydrogens is 555 g/mol. The number of carbonyl (C=O) groups is 2. The molecule has 10 heteroatoms. The van der Waals surface area contributed by atoms with E-state index in [1.165, 1.54) is 0 Å². The Hall–Kier alpha value is -4.03. The molecule has 0 bridgehead atoms. The number of rotatable bonds is 8. The van der Waals surface area contributed by atoms with E-state index in [4.69, 9.17) is 27.9 Å². The molecule has 0 radical (unpaired) electrons. The van der Waals surface area contributed by atoms with E-state index in [1.54, 1.807) is 86.8 Å². The van der Waals surface area contributed by atoms with E-state index in [0.717, 1.165) is 11.8 Å². The van der Waals surface area contributed by atoms with Gasteiger partial charge < -0.3 is 15.4 Å². The number of pyridine rings is 1. The van der Waals surface area contributed by atoms with E-state index >= 15 is 0 Å². The third-order valence-corrected chi connectivity index (χ3v) is 7.11. The quantitative estimate of drug-likeness (QED) is 0.214. The number of benzene rings is 3. The van der Waals surface area contributed by atoms with Crippen LogP contribution in [0.15, 0.2) is 77.8 Å². The van der Waals surface area contributed by atoms with Crippen LogP contribution in [0.4, 0.5) is 11.4 Å². The normalized spacial score (nSPS) is 10.4. The van der Waals surface area contributed by atoms with Crippen molar-refractivity contribution in [2.24, 2.45) is 0 Å². The van der Waals surface area contributed by atoms with Crippen molar-refractivity contribution in [1.29, 1.82) is 5.26 Å². The van der Waals surface area contributed by atoms with Gasteiger partial charge in [0.15, 0.2) is 0 Å². The van der Waals surface area contributed by atoms with Crippen LogP contribution in [-0.2, 0) is 4.79 Å². The Balaban J connectivity index is 1.70. The first kappa shape index (κ1) is 28.0. The highest BCUT2D eigenvalue weighted by Crippen LogP contribution is 2.36. The molecule has 0 aliphatic rings. The maximum atomic E-state index is 13.5. The number of halogens is 2. The largest absolute Gasteiger partial charge is 0.497 e. The topological polar surface area (TPSA) is 104 Å². The highest BCUT2D eigenvalue weighted by atomic mass is 35.5. The van der Waals surface area contributed by atoms with E-state index in [2.05, 4.69) is 21.7 Å². The van der Waals surface area contributed by atoms with Crippen molar-refractivity contribution in [1.82, 2.24) is 4.98 Å². The number of hydrogen-bond acceptors (Lipinski definition) is 6. The van der Waals surface area contributed by atoms with Crippen LogP contribution in [0.25, 0.3) is 11.1 Å². The number of nitrogens with one attached hydrogen (secondary N) is 2. The predicted molar refractivity (Wildman–Crippen MR) is 156 cm³/mol. The summed E-state index contributed by atoms with van der Waals surface area (Å²) in [5, 5.41) is 17.3. The first-order chi connectivity index (χ1) is 18.8. The minimum atomic E-state index is -0.429. The number of aromatic nitrogens is 1. The second-order valence-electron chi connectivity index (χ2n) is 8.27. The van der Waals surface area contributed by atoms with Crippen molar-refractivity contribution < 1.29 is 14.3 Å². The fourth-order valence-corrected chi connectivity index (χ4v) is 4.89. The molecule has 2 amide bonds. The fourth-order valence-electron chi connectivity index (χ4n) is 3.80. The lowest BCUT2D eigenvalue weighted by Gasteiger charge is -2.17. The molecule has 0 saturated carbocycles. The average Bonchev–Trinajstić information content (AvgIpc) is 2.94. The van der Waals surface area contributed by atoms with Gasteiger partial charge in [-0.2, -0.15) is 5.26 Å². The van der Waals surface area contributed by atoms with Crippen LogP contribution in [0.3, 0.4) is 0 Å². The summed E-state index contributed by atoms with van der Waals surface area (Å²) >= 11 is 13.0. The Bertz CT molecular complexity index is 1550. The molecule has 0 fully saturated rings. The SMILES string of the molecule is COc1ccc(-c2c(C#N)c(SCC(=O)Nc3ccc(Cl)cc3)nc(C)c2C(=O)Nc2ccc(Cl)cc2)cc1. The summed E-state index contributed by atoms with van der Waals surface area (Å²) in [6.45, 7) is 1.70. The molecule has 0 atom stereocenters. The molecule has 1 aromatic heterocycles. The van der Waals surface area contributed by atoms with E-state index in [9.17, 15) is 14.9 Å². The number of anilines is 2. The van der Waals surface area contributed by atoms with E-state index in [-0.39, 0.29) is 22.8 Å². The maximum Gasteiger partial charge on any atom is 0.258 e. The number of thioether (sulfide) groups is 1. The molecule has 0 saturated heterocycles. The van der Waals surface area contributed by atoms with Gasteiger partial charge in [-0.15, -0.1) is 0 Å². The van der Waals surface area contributed by atoms with Crippen molar-refractivity contribution in [2.75, 3.05) is 23.5 Å². The third-order valence-electron chi connectivity index (χ3n) is 5.63. The van der Waals surface area contributed by atoms with Gasteiger partial charge in [-0.25, -0.2) is 4.98 Å². The number of carbonyl (C=O) groups excluding carboxylic acids is 2. The lowest BCUT2D eigenvalue weighted by Crippen LogP contribution is -2.18. The standard InChI is InChI=1S/C29H22Cl2N4O3S/c1-17-26(28(37)35-22-11-7-20(31)8-12-22)27(18-3-13-23(38-2)14-4-18)24(15-32)29(33-17)39-16-25(36)34-21-9-5-19(30)6-10-21/h3-14H,16H2,1-2H3,(H,34,36)(H,35,37). The Morgan fingerprint density at radius 1 is 0.923 bits per heavy atom. The van der Waals surface area contributed by atoms with Gasteiger partial charge in [0.2, 0.25) is 5.91 Å². The smallest absolute Gasteiger partial charge is 0.258 e. The summed E-state index contributed by atoms with van der Waals surface area (Å²) in [5.41, 5.74) is 3.04. The number of ether oxygens (including phenoxy) is 1. The zero-order valence-electron chi connectivity index (χ0n) is 20.9. The van der Waals surface area contributed by atoms with E-state index < -0.39 is 5.91 Å². The molecular formula is C29H22Cl2N4O3S. The highest BCUT2D eigenvalue weighted by molar-refractivity contribution is 8.00. The number of nitrogens with zero attached hydrogens (tertiary/aromatic N) is 2. The summed E-state index contributed by atoms with van der Waals surface area (Å²) in [6.07, 6.45) is 0. The number of amides is 2. The van der Waals surface area contributed by atoms with Crippen LogP contribution >= 0.6 is 35.0 Å². The van der Waals surface area contributed by atoms with Gasteiger partial charge in [0.05, 0.1) is 29.7 Å². The van der Waals surface area contributed by atoms with Crippen molar-refractivity contribution in [3.8, 4) is 22.9 Å². The Labute approximate surface area is 240 Å². The maximum absolute atomic E-state index is 13.5. The first-order valence-corrected chi connectivity index (χ1v) is 13.4. The molecule has 1 heterocycles. The number of hydrogen-bond donors (Lipinski definition) is 2. The molecule has 4 aromatic rings. The van der Waals surface area contributed by atoms with Gasteiger partial charge in [0, 0.05) is 27.0 Å². The predicted octanol–water partition coefficient (Wildman–Crippen LogP) is 7.23. The van der Waals surface area contributed by atoms with Crippen molar-refractivity contribution in [2.45, 2.75) is 11.9 Å². The third kappa shape index (κ3) is 6.89. The molecule has 0 unspecified atom stereocenters. The summed E-state index contributed by atoms with van der Waals surface area (Å²) in [7, 11) is 1.56. The Morgan fingerprint density at radius 2 is 1.49 bits per heavy atom. The van der Waals surface area contributed by atoms with Crippen LogP contribution in [0.1, 0.15) is 21.6 Å². The van der Waals surface area contributed by atoms with Crippen LogP contribution in [-0.4, -0.2) is 29.7 Å². The van der Waals surface area contributed by atoms with Gasteiger partial charge in [0.1, 0.15) is 16.8 Å². The molecule has 39 heavy (non-hydrogen) atoms. The number of aryl methyl sites for hydroxylation is 1. The zero-order valence-corrected chi connectivity index (χ0v) is 23.2. The first-order valence-electron chi connectivity index (χ1n) is 11.6. The summed E-state index contributed by atoms with van der Waals surface area (Å²) in [5.74, 6) is -0.0752. The zero-order chi connectivity index (χ0) is 27.9. The van der Waals surface area contributed by atoms with Crippen molar-refractivity contribution in [3.63, 3.8) is 0 Å². The summed E-state index contributed by atoms with van der Waals surface area (Å²) < 4.78 is 5.27. The Kier molecular flexibility index (Phi) is 9.10. The monoisotopic (exact) mass is 576 g/mol. The molecule has 7 nitrogen and oxygen atoms in total. The summed E-state index contributed by atoms with van der Waals surface area (Å²) in [6, 6.07) is 22.7. The van der Waals surface area contributed by atoms with E-state index in [0.29, 0.717) is 49.0 Å². The average molecular weight is 577 g/mol. The molecule has 0 spiro atoms. The van der Waals surface area contributed by atoms with Gasteiger partial charge in [0.25, 0.3) is 5.91 Å².